The number of hydrogen-bond donors (Lipinski definition) is 1. The third kappa shape index (κ3) is 15.7. The fourth-order valence-corrected chi connectivity index (χ4v) is 0.782. The quantitative estimate of drug-likeness (QED) is 0.662. The van der Waals surface area contributed by atoms with E-state index in [-0.39, 0.29) is 14.9 Å². The van der Waals surface area contributed by atoms with Gasteiger partial charge in [-0.2, -0.15) is 0 Å². The molecular formula is C6H19O3P. The Morgan fingerprint density at radius 2 is 1.90 bits per heavy atom. The van der Waals surface area contributed by atoms with Crippen LogP contribution < -0.4 is 0 Å². The van der Waals surface area contributed by atoms with Gasteiger partial charge in [0, 0.05) is 6.66 Å². The van der Waals surface area contributed by atoms with Gasteiger partial charge < -0.3 is 9.42 Å². The molecule has 0 amide bonds. The van der Waals surface area contributed by atoms with Crippen LogP contribution in [0.15, 0.2) is 0 Å². The van der Waals surface area contributed by atoms with E-state index in [1.165, 1.54) is 6.66 Å². The molecule has 0 aliphatic carbocycles. The van der Waals surface area contributed by atoms with Crippen molar-refractivity contribution in [2.75, 3.05) is 13.3 Å². The normalized spacial score (nSPS) is 14.3. The van der Waals surface area contributed by atoms with E-state index in [0.717, 1.165) is 6.42 Å². The second-order valence-corrected chi connectivity index (χ2v) is 3.50. The Morgan fingerprint density at radius 3 is 2.00 bits per heavy atom. The molecule has 4 heteroatoms. The predicted octanol–water partition coefficient (Wildman–Crippen LogP) is 2.50. The van der Waals surface area contributed by atoms with Crippen LogP contribution >= 0.6 is 7.60 Å². The van der Waals surface area contributed by atoms with Crippen LogP contribution in [0.2, 0.25) is 0 Å². The lowest BCUT2D eigenvalue weighted by Crippen LogP contribution is -1.87. The van der Waals surface area contributed by atoms with Crippen LogP contribution in [0.25, 0.3) is 0 Å². The summed E-state index contributed by atoms with van der Waals surface area (Å²) >= 11 is 0. The van der Waals surface area contributed by atoms with Gasteiger partial charge in [0.1, 0.15) is 0 Å². The Morgan fingerprint density at radius 1 is 1.50 bits per heavy atom. The van der Waals surface area contributed by atoms with Crippen LogP contribution in [0.5, 0.6) is 0 Å². The van der Waals surface area contributed by atoms with E-state index in [0.29, 0.717) is 6.61 Å². The highest BCUT2D eigenvalue weighted by Gasteiger charge is 2.06. The van der Waals surface area contributed by atoms with Gasteiger partial charge in [-0.05, 0) is 6.42 Å². The molecule has 0 aromatic carbocycles. The molecule has 10 heavy (non-hydrogen) atoms. The monoisotopic (exact) mass is 170 g/mol. The Bertz CT molecular complexity index is 97.2. The van der Waals surface area contributed by atoms with E-state index in [9.17, 15) is 4.57 Å². The Kier molecular flexibility index (Phi) is 12.1. The second-order valence-electron chi connectivity index (χ2n) is 1.64. The molecule has 0 saturated heterocycles. The summed E-state index contributed by atoms with van der Waals surface area (Å²) < 4.78 is 14.8. The van der Waals surface area contributed by atoms with Crippen LogP contribution in [0.4, 0.5) is 0 Å². The second kappa shape index (κ2) is 7.26. The third-order valence-electron chi connectivity index (χ3n) is 0.535. The van der Waals surface area contributed by atoms with Crippen molar-refractivity contribution < 1.29 is 14.0 Å². The first-order chi connectivity index (χ1) is 3.56. The van der Waals surface area contributed by atoms with E-state index in [1.807, 2.05) is 6.92 Å². The molecule has 0 fully saturated rings. The highest BCUT2D eigenvalue weighted by Crippen LogP contribution is 2.36. The van der Waals surface area contributed by atoms with Gasteiger partial charge in [-0.1, -0.05) is 21.8 Å². The smallest absolute Gasteiger partial charge is 0.324 e. The van der Waals surface area contributed by atoms with Crippen LogP contribution in [0.1, 0.15) is 28.2 Å². The molecule has 0 rings (SSSR count). The van der Waals surface area contributed by atoms with Crippen LogP contribution in [-0.4, -0.2) is 18.2 Å². The summed E-state index contributed by atoms with van der Waals surface area (Å²) in [7, 11) is -3.18. The molecule has 0 bridgehead atoms. The molecule has 0 aromatic rings. The van der Waals surface area contributed by atoms with Gasteiger partial charge in [-0.15, -0.1) is 0 Å². The van der Waals surface area contributed by atoms with Crippen molar-refractivity contribution in [3.63, 3.8) is 0 Å². The molecule has 1 N–H and O–H groups in total. The molecule has 0 aliphatic heterocycles. The average Bonchev–Trinajstić information content (AvgIpc) is 1.59. The van der Waals surface area contributed by atoms with E-state index in [1.54, 1.807) is 0 Å². The zero-order chi connectivity index (χ0) is 6.62. The van der Waals surface area contributed by atoms with E-state index in [2.05, 4.69) is 4.52 Å². The third-order valence-corrected chi connectivity index (χ3v) is 1.20. The van der Waals surface area contributed by atoms with Gasteiger partial charge in [0.2, 0.25) is 0 Å². The number of rotatable bonds is 3. The summed E-state index contributed by atoms with van der Waals surface area (Å²) in [5.41, 5.74) is 0. The lowest BCUT2D eigenvalue weighted by atomic mass is 10.5. The topological polar surface area (TPSA) is 46.5 Å². The van der Waals surface area contributed by atoms with Crippen molar-refractivity contribution in [2.24, 2.45) is 0 Å². The number of hydrogen-bond acceptors (Lipinski definition) is 2. The van der Waals surface area contributed by atoms with Crippen LogP contribution in [0.3, 0.4) is 0 Å². The summed E-state index contributed by atoms with van der Waals surface area (Å²) in [6, 6.07) is 0. The Balaban J connectivity index is -0.000000245. The van der Waals surface area contributed by atoms with Gasteiger partial charge in [-0.3, -0.25) is 4.57 Å². The van der Waals surface area contributed by atoms with Crippen molar-refractivity contribution in [1.82, 2.24) is 0 Å². The molecule has 0 radical (unpaired) electrons. The summed E-state index contributed by atoms with van der Waals surface area (Å²) in [6.45, 7) is 3.43. The summed E-state index contributed by atoms with van der Waals surface area (Å²) in [4.78, 5) is 8.48. The maximum Gasteiger partial charge on any atom is 0.325 e. The molecule has 0 heterocycles. The molecule has 3 nitrogen and oxygen atoms in total. The molecule has 66 valence electrons. The molecular weight excluding hydrogens is 151 g/mol. The predicted molar refractivity (Wildman–Crippen MR) is 45.5 cm³/mol. The van der Waals surface area contributed by atoms with Crippen molar-refractivity contribution in [3.8, 4) is 0 Å². The van der Waals surface area contributed by atoms with Gasteiger partial charge in [0.25, 0.3) is 0 Å². The zero-order valence-electron chi connectivity index (χ0n) is 5.13. The van der Waals surface area contributed by atoms with Gasteiger partial charge >= 0.3 is 7.60 Å². The van der Waals surface area contributed by atoms with Gasteiger partial charge in [0.15, 0.2) is 0 Å². The van der Waals surface area contributed by atoms with Gasteiger partial charge in [0.05, 0.1) is 6.61 Å². The fraction of sp³-hybridized carbons (Fsp3) is 1.00. The first-order valence-corrected chi connectivity index (χ1v) is 4.53. The minimum atomic E-state index is -3.18. The minimum absolute atomic E-state index is 0. The fourth-order valence-electron chi connectivity index (χ4n) is 0.261. The Hall–Kier alpha value is 0.150. The largest absolute Gasteiger partial charge is 0.325 e. The van der Waals surface area contributed by atoms with E-state index in [4.69, 9.17) is 4.89 Å². The first-order valence-electron chi connectivity index (χ1n) is 2.51. The lowest BCUT2D eigenvalue weighted by molar-refractivity contribution is 0.265. The maximum atomic E-state index is 10.3. The van der Waals surface area contributed by atoms with Crippen molar-refractivity contribution in [3.05, 3.63) is 0 Å². The standard InChI is InChI=1S/C4H11O3P.2CH4/c1-3-4-7-8(2,5)6;;/h3-4H2,1-2H3,(H,5,6);2*1H4. The van der Waals surface area contributed by atoms with Crippen molar-refractivity contribution >= 4 is 7.60 Å². The lowest BCUT2D eigenvalue weighted by Gasteiger charge is -2.02. The maximum absolute atomic E-state index is 10.3. The van der Waals surface area contributed by atoms with Crippen LogP contribution in [0, 0.1) is 0 Å². The molecule has 1 atom stereocenters. The van der Waals surface area contributed by atoms with Crippen LogP contribution in [-0.2, 0) is 9.09 Å². The Labute approximate surface area is 63.9 Å². The average molecular weight is 170 g/mol. The van der Waals surface area contributed by atoms with E-state index < -0.39 is 7.60 Å². The van der Waals surface area contributed by atoms with Gasteiger partial charge in [-0.25, -0.2) is 0 Å². The molecule has 1 unspecified atom stereocenters. The highest BCUT2D eigenvalue weighted by atomic mass is 31.2. The molecule has 0 saturated carbocycles. The summed E-state index contributed by atoms with van der Waals surface area (Å²) in [5.74, 6) is 0. The van der Waals surface area contributed by atoms with Crippen molar-refractivity contribution in [2.45, 2.75) is 28.2 Å². The summed E-state index contributed by atoms with van der Waals surface area (Å²) in [6.07, 6.45) is 0.776. The highest BCUT2D eigenvalue weighted by molar-refractivity contribution is 7.51. The zero-order valence-corrected chi connectivity index (χ0v) is 6.02. The SMILES string of the molecule is C.C.CCCOP(C)(=O)O. The van der Waals surface area contributed by atoms with E-state index >= 15 is 0 Å². The molecule has 0 spiro atoms. The first kappa shape index (κ1) is 16.6. The molecule has 0 aliphatic rings. The van der Waals surface area contributed by atoms with Crippen molar-refractivity contribution in [1.29, 1.82) is 0 Å². The minimum Gasteiger partial charge on any atom is -0.324 e. The molecule has 0 aromatic heterocycles. The summed E-state index contributed by atoms with van der Waals surface area (Å²) in [5, 5.41) is 0.